The monoisotopic (exact) mass is 596 g/mol. The van der Waals surface area contributed by atoms with E-state index in [2.05, 4.69) is 13.8 Å². The summed E-state index contributed by atoms with van der Waals surface area (Å²) in [6, 6.07) is 13.2. The lowest BCUT2D eigenvalue weighted by atomic mass is 9.76. The highest BCUT2D eigenvalue weighted by Crippen LogP contribution is 2.36. The van der Waals surface area contributed by atoms with Crippen LogP contribution in [0.25, 0.3) is 0 Å². The molecule has 0 aliphatic carbocycles. The lowest BCUT2D eigenvalue weighted by Gasteiger charge is -2.41. The van der Waals surface area contributed by atoms with Crippen LogP contribution in [0.4, 0.5) is 4.39 Å². The number of fused-ring (bicyclic) bond motifs is 1. The van der Waals surface area contributed by atoms with Gasteiger partial charge in [-0.05, 0) is 55.4 Å². The Morgan fingerprint density at radius 3 is 1.93 bits per heavy atom. The Morgan fingerprint density at radius 2 is 1.28 bits per heavy atom. The summed E-state index contributed by atoms with van der Waals surface area (Å²) in [6.45, 7) is 6.24. The third-order valence-electron chi connectivity index (χ3n) is 8.68. The zero-order valence-electron chi connectivity index (χ0n) is 26.7. The summed E-state index contributed by atoms with van der Waals surface area (Å²) >= 11 is 0. The van der Waals surface area contributed by atoms with E-state index in [0.29, 0.717) is 30.9 Å². The van der Waals surface area contributed by atoms with Crippen LogP contribution in [-0.2, 0) is 14.0 Å². The average molecular weight is 597 g/mol. The van der Waals surface area contributed by atoms with E-state index >= 15 is 0 Å². The molecule has 0 saturated carbocycles. The number of ether oxygens (including phenoxy) is 3. The summed E-state index contributed by atoms with van der Waals surface area (Å²) in [5.41, 5.74) is 1.55. The Morgan fingerprint density at radius 1 is 0.698 bits per heavy atom. The van der Waals surface area contributed by atoms with Gasteiger partial charge in [0.1, 0.15) is 23.4 Å². The van der Waals surface area contributed by atoms with Crippen LogP contribution in [-0.4, -0.2) is 39.1 Å². The third-order valence-corrected chi connectivity index (χ3v) is 8.68. The van der Waals surface area contributed by atoms with Crippen molar-refractivity contribution >= 4 is 12.6 Å². The second-order valence-electron chi connectivity index (χ2n) is 12.3. The fourth-order valence-corrected chi connectivity index (χ4v) is 6.03. The molecular weight excluding hydrogens is 542 g/mol. The van der Waals surface area contributed by atoms with Crippen molar-refractivity contribution in [1.29, 1.82) is 0 Å². The minimum absolute atomic E-state index is 0.0731. The molecular formula is C36H54BFO5. The molecule has 0 amide bonds. The van der Waals surface area contributed by atoms with Crippen molar-refractivity contribution in [3.63, 3.8) is 0 Å². The van der Waals surface area contributed by atoms with Crippen LogP contribution in [0.2, 0.25) is 0 Å². The lowest BCUT2D eigenvalue weighted by Crippen LogP contribution is -2.54. The Labute approximate surface area is 260 Å². The zero-order valence-corrected chi connectivity index (χ0v) is 26.7. The number of unbranched alkanes of at least 4 members (excludes halogenated alkanes) is 12. The average Bonchev–Trinajstić information content (AvgIpc) is 3.03. The van der Waals surface area contributed by atoms with E-state index in [0.717, 1.165) is 43.5 Å². The summed E-state index contributed by atoms with van der Waals surface area (Å²) in [6.07, 6.45) is 18.6. The highest BCUT2D eigenvalue weighted by molar-refractivity contribution is 6.61. The van der Waals surface area contributed by atoms with Crippen molar-refractivity contribution in [3.8, 4) is 11.5 Å². The van der Waals surface area contributed by atoms with Crippen LogP contribution in [0.15, 0.2) is 42.5 Å². The van der Waals surface area contributed by atoms with Crippen molar-refractivity contribution < 1.29 is 27.9 Å². The molecule has 43 heavy (non-hydrogen) atoms. The molecule has 0 radical (unpaired) electrons. The fraction of sp³-hybridized carbons (Fsp3) is 0.667. The molecule has 7 heteroatoms. The number of hydrogen-bond acceptors (Lipinski definition) is 5. The molecule has 0 unspecified atom stereocenters. The van der Waals surface area contributed by atoms with E-state index in [1.54, 1.807) is 6.07 Å². The van der Waals surface area contributed by atoms with Crippen LogP contribution < -0.4 is 14.9 Å². The predicted molar refractivity (Wildman–Crippen MR) is 173 cm³/mol. The van der Waals surface area contributed by atoms with Crippen molar-refractivity contribution in [2.45, 2.75) is 135 Å². The molecule has 0 bridgehead atoms. The molecule has 2 aliphatic heterocycles. The van der Waals surface area contributed by atoms with E-state index in [9.17, 15) is 4.39 Å². The van der Waals surface area contributed by atoms with Gasteiger partial charge in [0.05, 0.1) is 32.0 Å². The summed E-state index contributed by atoms with van der Waals surface area (Å²) in [5.74, 6) is 1.18. The molecule has 5 nitrogen and oxygen atoms in total. The Hall–Kier alpha value is -2.09. The molecule has 4 rings (SSSR count). The first-order valence-electron chi connectivity index (χ1n) is 17.3. The number of hydrogen-bond donors (Lipinski definition) is 0. The van der Waals surface area contributed by atoms with Crippen molar-refractivity contribution in [3.05, 3.63) is 53.8 Å². The topological polar surface area (TPSA) is 46.2 Å². The molecule has 2 heterocycles. The highest BCUT2D eigenvalue weighted by Gasteiger charge is 2.41. The molecule has 2 saturated heterocycles. The molecule has 0 N–H and O–H groups in total. The number of benzene rings is 2. The summed E-state index contributed by atoms with van der Waals surface area (Å²) in [7, 11) is -0.428. The molecule has 3 atom stereocenters. The maximum atomic E-state index is 15.0. The van der Waals surface area contributed by atoms with Gasteiger partial charge in [0.2, 0.25) is 0 Å². The van der Waals surface area contributed by atoms with Crippen LogP contribution in [0.5, 0.6) is 11.5 Å². The summed E-state index contributed by atoms with van der Waals surface area (Å²) in [5, 5.41) is 0. The molecule has 2 fully saturated rings. The van der Waals surface area contributed by atoms with Gasteiger partial charge in [-0.25, -0.2) is 4.39 Å². The van der Waals surface area contributed by atoms with Crippen LogP contribution in [0.1, 0.15) is 128 Å². The molecule has 238 valence electrons. The van der Waals surface area contributed by atoms with Crippen LogP contribution >= 0.6 is 0 Å². The van der Waals surface area contributed by atoms with Crippen molar-refractivity contribution in [2.24, 2.45) is 0 Å². The van der Waals surface area contributed by atoms with E-state index in [1.807, 2.05) is 30.3 Å². The minimum Gasteiger partial charge on any atom is -0.494 e. The van der Waals surface area contributed by atoms with Gasteiger partial charge in [0.15, 0.2) is 0 Å². The standard InChI is InChI=1S/C36H54BFO5/c1-3-5-7-9-10-11-12-13-14-16-25-39-30-19-17-29(18-20-30)37-41-28-36-35(43-37)24-23-34(42-36)32-22-21-31(27-33(32)38)40-26-15-8-6-4-2/h17-22,27,34-36H,3-16,23-26,28H2,1-2H3/t34-,35+,36-/m1/s1. The van der Waals surface area contributed by atoms with Gasteiger partial charge in [-0.3, -0.25) is 0 Å². The third kappa shape index (κ3) is 11.4. The van der Waals surface area contributed by atoms with Crippen molar-refractivity contribution in [2.75, 3.05) is 19.8 Å². The van der Waals surface area contributed by atoms with Gasteiger partial charge >= 0.3 is 7.12 Å². The molecule has 0 aromatic heterocycles. The Kier molecular flexibility index (Phi) is 15.2. The summed E-state index contributed by atoms with van der Waals surface area (Å²) < 4.78 is 45.3. The first-order valence-corrected chi connectivity index (χ1v) is 17.3. The second kappa shape index (κ2) is 19.3. The van der Waals surface area contributed by atoms with E-state index in [-0.39, 0.29) is 24.1 Å². The molecule has 0 spiro atoms. The zero-order chi connectivity index (χ0) is 30.1. The maximum Gasteiger partial charge on any atom is 0.494 e. The first-order chi connectivity index (χ1) is 21.2. The lowest BCUT2D eigenvalue weighted by molar-refractivity contribution is -0.151. The maximum absolute atomic E-state index is 15.0. The minimum atomic E-state index is -0.428. The first kappa shape index (κ1) is 33.8. The number of halogens is 1. The van der Waals surface area contributed by atoms with Gasteiger partial charge in [0, 0.05) is 11.6 Å². The largest absolute Gasteiger partial charge is 0.494 e. The van der Waals surface area contributed by atoms with Gasteiger partial charge in [0.25, 0.3) is 0 Å². The molecule has 2 aromatic rings. The quantitative estimate of drug-likeness (QED) is 0.113. The van der Waals surface area contributed by atoms with Gasteiger partial charge in [-0.1, -0.05) is 103 Å². The van der Waals surface area contributed by atoms with Crippen molar-refractivity contribution in [1.82, 2.24) is 0 Å². The summed E-state index contributed by atoms with van der Waals surface area (Å²) in [4.78, 5) is 0. The smallest absolute Gasteiger partial charge is 0.494 e. The second-order valence-corrected chi connectivity index (χ2v) is 12.3. The van der Waals surface area contributed by atoms with Gasteiger partial charge in [-0.15, -0.1) is 0 Å². The predicted octanol–water partition coefficient (Wildman–Crippen LogP) is 9.12. The van der Waals surface area contributed by atoms with E-state index in [1.165, 1.54) is 76.7 Å². The van der Waals surface area contributed by atoms with Crippen LogP contribution in [0.3, 0.4) is 0 Å². The molecule has 2 aromatic carbocycles. The van der Waals surface area contributed by atoms with Gasteiger partial charge < -0.3 is 23.5 Å². The number of rotatable bonds is 20. The van der Waals surface area contributed by atoms with Gasteiger partial charge in [-0.2, -0.15) is 0 Å². The van der Waals surface area contributed by atoms with Crippen LogP contribution in [0, 0.1) is 5.82 Å². The Balaban J connectivity index is 1.13. The Bertz CT molecular complexity index is 1030. The fourth-order valence-electron chi connectivity index (χ4n) is 6.03. The normalized spacial score (nSPS) is 20.2. The SMILES string of the molecule is CCCCCCCCCCCCOc1ccc(B2OC[C@H]3O[C@@H](c4ccc(OCCCCCC)cc4F)CC[C@@H]3O2)cc1. The highest BCUT2D eigenvalue weighted by atomic mass is 19.1. The molecule has 2 aliphatic rings. The van der Waals surface area contributed by atoms with E-state index in [4.69, 9.17) is 23.5 Å². The van der Waals surface area contributed by atoms with E-state index < -0.39 is 7.12 Å².